The number of carbonyl (C=O) groups excluding carboxylic acids is 2. The first kappa shape index (κ1) is 21.7. The lowest BCUT2D eigenvalue weighted by Crippen LogP contribution is -2.59. The second-order valence-corrected chi connectivity index (χ2v) is 9.28. The van der Waals surface area contributed by atoms with Crippen LogP contribution < -0.4 is 10.6 Å². The molecule has 10 heteroatoms. The maximum absolute atomic E-state index is 12.8. The molecule has 4 rings (SSSR count). The highest BCUT2D eigenvalue weighted by Crippen LogP contribution is 2.44. The van der Waals surface area contributed by atoms with Crippen molar-refractivity contribution >= 4 is 33.4 Å². The summed E-state index contributed by atoms with van der Waals surface area (Å²) in [5.74, 6) is -2.61. The van der Waals surface area contributed by atoms with E-state index in [1.807, 2.05) is 12.1 Å². The number of hydrogen-bond donors (Lipinski definition) is 2. The van der Waals surface area contributed by atoms with Crippen LogP contribution >= 0.6 is 15.9 Å². The molecule has 3 aliphatic heterocycles. The molecule has 2 amide bonds. The summed E-state index contributed by atoms with van der Waals surface area (Å²) in [7, 11) is 0. The van der Waals surface area contributed by atoms with Crippen LogP contribution in [0.25, 0.3) is 0 Å². The Kier molecular flexibility index (Phi) is 5.67. The maximum atomic E-state index is 12.8. The molecule has 1 aromatic rings. The first-order valence-corrected chi connectivity index (χ1v) is 10.5. The Morgan fingerprint density at radius 2 is 1.53 bits per heavy atom. The summed E-state index contributed by atoms with van der Waals surface area (Å²) < 4.78 is 30.4. The molecule has 0 unspecified atom stereocenters. The fourth-order valence-electron chi connectivity index (χ4n) is 3.83. The molecule has 0 aromatic heterocycles. The molecule has 9 nitrogen and oxygen atoms in total. The van der Waals surface area contributed by atoms with Gasteiger partial charge in [-0.2, -0.15) is 0 Å². The van der Waals surface area contributed by atoms with Gasteiger partial charge in [-0.05, 0) is 52.0 Å². The summed E-state index contributed by atoms with van der Waals surface area (Å²) in [6.45, 7) is 6.86. The summed E-state index contributed by atoms with van der Waals surface area (Å²) in [4.78, 5) is 25.1. The molecule has 1 aromatic carbocycles. The summed E-state index contributed by atoms with van der Waals surface area (Å²) in [6, 6.07) is 7.13. The Labute approximate surface area is 182 Å². The molecule has 3 heterocycles. The van der Waals surface area contributed by atoms with Crippen LogP contribution in [0.15, 0.2) is 28.7 Å². The van der Waals surface area contributed by atoms with Gasteiger partial charge in [0, 0.05) is 10.2 Å². The van der Waals surface area contributed by atoms with E-state index < -0.39 is 48.2 Å². The van der Waals surface area contributed by atoms with Gasteiger partial charge in [-0.15, -0.1) is 0 Å². The fourth-order valence-corrected chi connectivity index (χ4v) is 4.09. The molecule has 0 bridgehead atoms. The third-order valence-corrected chi connectivity index (χ3v) is 5.49. The van der Waals surface area contributed by atoms with Gasteiger partial charge in [0.05, 0.1) is 6.54 Å². The van der Waals surface area contributed by atoms with Crippen LogP contribution in [0.2, 0.25) is 0 Å². The minimum absolute atomic E-state index is 0.215. The molecule has 0 saturated carbocycles. The van der Waals surface area contributed by atoms with Crippen molar-refractivity contribution in [1.82, 2.24) is 5.32 Å². The number of fused-ring (bicyclic) bond motifs is 3. The molecule has 3 fully saturated rings. The molecule has 3 aliphatic rings. The van der Waals surface area contributed by atoms with Crippen molar-refractivity contribution in [2.75, 3.05) is 11.9 Å². The largest absolute Gasteiger partial charge is 0.345 e. The number of halogens is 1. The number of carbonyl (C=O) groups is 2. The quantitative estimate of drug-likeness (QED) is 0.672. The van der Waals surface area contributed by atoms with E-state index in [1.165, 1.54) is 0 Å². The van der Waals surface area contributed by atoms with Crippen LogP contribution in [0.3, 0.4) is 0 Å². The van der Waals surface area contributed by atoms with Crippen LogP contribution in [0, 0.1) is 0 Å². The smallest absolute Gasteiger partial charge is 0.252 e. The van der Waals surface area contributed by atoms with Crippen molar-refractivity contribution in [3.05, 3.63) is 28.7 Å². The Bertz CT molecular complexity index is 829. The van der Waals surface area contributed by atoms with E-state index in [4.69, 9.17) is 23.7 Å². The number of rotatable bonds is 4. The Morgan fingerprint density at radius 1 is 0.933 bits per heavy atom. The van der Waals surface area contributed by atoms with E-state index >= 15 is 0 Å². The number of hydrogen-bond acceptors (Lipinski definition) is 7. The van der Waals surface area contributed by atoms with Crippen molar-refractivity contribution in [3.63, 3.8) is 0 Å². The minimum atomic E-state index is -1.00. The zero-order chi connectivity index (χ0) is 21.7. The lowest BCUT2D eigenvalue weighted by molar-refractivity contribution is -0.231. The average molecular weight is 485 g/mol. The van der Waals surface area contributed by atoms with Gasteiger partial charge < -0.3 is 34.3 Å². The van der Waals surface area contributed by atoms with E-state index in [2.05, 4.69) is 26.6 Å². The lowest BCUT2D eigenvalue weighted by atomic mass is 9.98. The second-order valence-electron chi connectivity index (χ2n) is 8.36. The number of amides is 2. The van der Waals surface area contributed by atoms with Crippen LogP contribution in [0.1, 0.15) is 27.7 Å². The molecular formula is C20H25BrN2O7. The first-order valence-electron chi connectivity index (χ1n) is 9.73. The van der Waals surface area contributed by atoms with Gasteiger partial charge in [0.2, 0.25) is 5.91 Å². The fraction of sp³-hybridized carbons (Fsp3) is 0.600. The third-order valence-electron chi connectivity index (χ3n) is 4.96. The molecule has 0 spiro atoms. The first-order chi connectivity index (χ1) is 14.0. The van der Waals surface area contributed by atoms with Gasteiger partial charge in [-0.1, -0.05) is 15.9 Å². The molecule has 30 heavy (non-hydrogen) atoms. The van der Waals surface area contributed by atoms with E-state index in [-0.39, 0.29) is 12.5 Å². The molecule has 0 aliphatic carbocycles. The summed E-state index contributed by atoms with van der Waals surface area (Å²) >= 11 is 3.34. The van der Waals surface area contributed by atoms with Crippen molar-refractivity contribution < 1.29 is 33.3 Å². The SMILES string of the molecule is CC1(C)O[C@@H]2[C@@H](O1)[C@H](C(=O)NCC(=O)Nc1ccc(Br)cc1)O[C@H]1OC(C)(C)O[C@@H]12. The molecule has 0 radical (unpaired) electrons. The molecule has 164 valence electrons. The predicted molar refractivity (Wildman–Crippen MR) is 108 cm³/mol. The second kappa shape index (κ2) is 7.85. The van der Waals surface area contributed by atoms with E-state index in [0.717, 1.165) is 4.47 Å². The van der Waals surface area contributed by atoms with Gasteiger partial charge in [0.15, 0.2) is 24.0 Å². The Balaban J connectivity index is 1.40. The van der Waals surface area contributed by atoms with Crippen molar-refractivity contribution in [2.24, 2.45) is 0 Å². The zero-order valence-corrected chi connectivity index (χ0v) is 18.7. The van der Waals surface area contributed by atoms with Crippen LogP contribution in [-0.4, -0.2) is 60.6 Å². The lowest BCUT2D eigenvalue weighted by Gasteiger charge is -2.36. The molecule has 5 atom stereocenters. The van der Waals surface area contributed by atoms with Crippen LogP contribution in [-0.2, 0) is 33.3 Å². The van der Waals surface area contributed by atoms with Crippen molar-refractivity contribution in [2.45, 2.75) is 70.0 Å². The molecule has 3 saturated heterocycles. The number of ether oxygens (including phenoxy) is 5. The summed E-state index contributed by atoms with van der Waals surface area (Å²) in [5.41, 5.74) is 0.627. The van der Waals surface area contributed by atoms with Gasteiger partial charge in [0.1, 0.15) is 18.3 Å². The van der Waals surface area contributed by atoms with E-state index in [0.29, 0.717) is 5.69 Å². The van der Waals surface area contributed by atoms with Gasteiger partial charge in [-0.3, -0.25) is 9.59 Å². The van der Waals surface area contributed by atoms with E-state index in [1.54, 1.807) is 39.8 Å². The average Bonchev–Trinajstić information content (AvgIpc) is 3.14. The van der Waals surface area contributed by atoms with E-state index in [9.17, 15) is 9.59 Å². The monoisotopic (exact) mass is 484 g/mol. The normalized spacial score (nSPS) is 33.4. The van der Waals surface area contributed by atoms with Gasteiger partial charge in [0.25, 0.3) is 5.91 Å². The molecule has 2 N–H and O–H groups in total. The standard InChI is InChI=1S/C20H25BrN2O7/c1-19(2)27-13-14(28-19)16-18(30-20(3,4)29-16)26-15(13)17(25)22-9-12(24)23-11-7-5-10(21)6-8-11/h5-8,13-16,18H,9H2,1-4H3,(H,22,25)(H,23,24)/t13-,14-,15-,16-,18+/m1/s1. The topological polar surface area (TPSA) is 104 Å². The van der Waals surface area contributed by atoms with Crippen molar-refractivity contribution in [1.29, 1.82) is 0 Å². The molecular weight excluding hydrogens is 460 g/mol. The number of nitrogens with one attached hydrogen (secondary N) is 2. The predicted octanol–water partition coefficient (Wildman–Crippen LogP) is 1.90. The van der Waals surface area contributed by atoms with Gasteiger partial charge >= 0.3 is 0 Å². The maximum Gasteiger partial charge on any atom is 0.252 e. The summed E-state index contributed by atoms with van der Waals surface area (Å²) in [6.07, 6.45) is -3.51. The highest BCUT2D eigenvalue weighted by Gasteiger charge is 2.62. The zero-order valence-electron chi connectivity index (χ0n) is 17.1. The van der Waals surface area contributed by atoms with Crippen LogP contribution in [0.5, 0.6) is 0 Å². The summed E-state index contributed by atoms with van der Waals surface area (Å²) in [5, 5.41) is 5.33. The Morgan fingerprint density at radius 3 is 2.23 bits per heavy atom. The number of benzene rings is 1. The van der Waals surface area contributed by atoms with Crippen molar-refractivity contribution in [3.8, 4) is 0 Å². The van der Waals surface area contributed by atoms with Crippen LogP contribution in [0.4, 0.5) is 5.69 Å². The third kappa shape index (κ3) is 4.53. The van der Waals surface area contributed by atoms with Gasteiger partial charge in [-0.25, -0.2) is 0 Å². The minimum Gasteiger partial charge on any atom is -0.345 e. The highest BCUT2D eigenvalue weighted by molar-refractivity contribution is 9.10. The Hall–Kier alpha value is -1.56. The number of anilines is 1. The highest BCUT2D eigenvalue weighted by atomic mass is 79.9.